The molecule has 0 bridgehead atoms. The molecule has 0 aliphatic carbocycles. The van der Waals surface area contributed by atoms with E-state index in [-0.39, 0.29) is 0 Å². The molecule has 0 aliphatic rings. The number of hydrogen-bond donors (Lipinski definition) is 0. The van der Waals surface area contributed by atoms with Crippen molar-refractivity contribution in [3.05, 3.63) is 52.8 Å². The highest BCUT2D eigenvalue weighted by atomic mass is 35.5. The van der Waals surface area contributed by atoms with Gasteiger partial charge in [-0.15, -0.1) is 0 Å². The van der Waals surface area contributed by atoms with Gasteiger partial charge in [-0.2, -0.15) is 0 Å². The van der Waals surface area contributed by atoms with Crippen molar-refractivity contribution in [2.45, 2.75) is 0 Å². The molecule has 0 radical (unpaired) electrons. The summed E-state index contributed by atoms with van der Waals surface area (Å²) in [6.07, 6.45) is 6.10. The summed E-state index contributed by atoms with van der Waals surface area (Å²) < 4.78 is 14.8. The van der Waals surface area contributed by atoms with E-state index in [2.05, 4.69) is 9.97 Å². The molecule has 0 spiro atoms. The van der Waals surface area contributed by atoms with E-state index in [0.717, 1.165) is 6.20 Å². The molecule has 0 atom stereocenters. The van der Waals surface area contributed by atoms with Crippen LogP contribution in [0.2, 0.25) is 10.0 Å². The quantitative estimate of drug-likeness (QED) is 0.678. The Labute approximate surface area is 112 Å². The van der Waals surface area contributed by atoms with Crippen molar-refractivity contribution in [1.82, 2.24) is 14.4 Å². The van der Waals surface area contributed by atoms with Crippen LogP contribution in [0.4, 0.5) is 4.39 Å². The van der Waals surface area contributed by atoms with Gasteiger partial charge in [0.15, 0.2) is 5.65 Å². The lowest BCUT2D eigenvalue weighted by Gasteiger charge is -1.95. The average molecular weight is 282 g/mol. The van der Waals surface area contributed by atoms with Gasteiger partial charge < -0.3 is 4.40 Å². The molecule has 18 heavy (non-hydrogen) atoms. The Morgan fingerprint density at radius 1 is 1.11 bits per heavy atom. The monoisotopic (exact) mass is 281 g/mol. The fraction of sp³-hybridized carbons (Fsp3) is 0. The highest BCUT2D eigenvalue weighted by molar-refractivity contribution is 6.36. The van der Waals surface area contributed by atoms with Gasteiger partial charge in [0, 0.05) is 24.2 Å². The van der Waals surface area contributed by atoms with Crippen LogP contribution < -0.4 is 0 Å². The second-order valence-corrected chi connectivity index (χ2v) is 4.60. The molecule has 3 aromatic heterocycles. The SMILES string of the molecule is Fc1cncc(-c2cn3cc(Cl)cc(Cl)c3n2)c1. The molecule has 3 aromatic rings. The highest BCUT2D eigenvalue weighted by Crippen LogP contribution is 2.25. The number of halogens is 3. The van der Waals surface area contributed by atoms with Crippen molar-refractivity contribution in [2.75, 3.05) is 0 Å². The van der Waals surface area contributed by atoms with Gasteiger partial charge in [-0.1, -0.05) is 23.2 Å². The largest absolute Gasteiger partial charge is 0.304 e. The van der Waals surface area contributed by atoms with Crippen LogP contribution in [0.15, 0.2) is 36.9 Å². The molecule has 0 fully saturated rings. The van der Waals surface area contributed by atoms with Crippen LogP contribution in [0.25, 0.3) is 16.9 Å². The molecule has 0 saturated carbocycles. The lowest BCUT2D eigenvalue weighted by Crippen LogP contribution is -1.82. The summed E-state index contributed by atoms with van der Waals surface area (Å²) in [6.45, 7) is 0. The zero-order valence-electron chi connectivity index (χ0n) is 8.94. The Morgan fingerprint density at radius 3 is 2.72 bits per heavy atom. The minimum atomic E-state index is -0.409. The fourth-order valence-electron chi connectivity index (χ4n) is 1.72. The molecule has 0 amide bonds. The predicted octanol–water partition coefficient (Wildman–Crippen LogP) is 3.84. The van der Waals surface area contributed by atoms with E-state index in [1.807, 2.05) is 0 Å². The first-order chi connectivity index (χ1) is 8.63. The maximum atomic E-state index is 13.1. The average Bonchev–Trinajstić information content (AvgIpc) is 2.73. The molecule has 0 unspecified atom stereocenters. The molecule has 90 valence electrons. The third kappa shape index (κ3) is 1.94. The summed E-state index contributed by atoms with van der Waals surface area (Å²) in [6, 6.07) is 2.98. The summed E-state index contributed by atoms with van der Waals surface area (Å²) in [5, 5.41) is 0.951. The number of hydrogen-bond acceptors (Lipinski definition) is 2. The van der Waals surface area contributed by atoms with Crippen LogP contribution in [0.5, 0.6) is 0 Å². The van der Waals surface area contributed by atoms with Gasteiger partial charge in [0.1, 0.15) is 5.82 Å². The van der Waals surface area contributed by atoms with Gasteiger partial charge in [-0.3, -0.25) is 4.98 Å². The molecule has 3 rings (SSSR count). The topological polar surface area (TPSA) is 30.2 Å². The van der Waals surface area contributed by atoms with E-state index >= 15 is 0 Å². The molecular formula is C12H6Cl2FN3. The number of pyridine rings is 2. The second kappa shape index (κ2) is 4.23. The Bertz CT molecular complexity index is 739. The standard InChI is InChI=1S/C12H6Cl2FN3/c13-8-2-10(14)12-17-11(6-18(12)5-8)7-1-9(15)4-16-3-7/h1-6H. The third-order valence-corrected chi connectivity index (χ3v) is 2.96. The van der Waals surface area contributed by atoms with Crippen LogP contribution in [0.3, 0.4) is 0 Å². The van der Waals surface area contributed by atoms with Gasteiger partial charge >= 0.3 is 0 Å². The first kappa shape index (κ1) is 11.4. The predicted molar refractivity (Wildman–Crippen MR) is 68.4 cm³/mol. The molecular weight excluding hydrogens is 276 g/mol. The molecule has 0 aliphatic heterocycles. The van der Waals surface area contributed by atoms with E-state index in [1.165, 1.54) is 6.07 Å². The summed E-state index contributed by atoms with van der Waals surface area (Å²) in [7, 11) is 0. The summed E-state index contributed by atoms with van der Waals surface area (Å²) >= 11 is 11.9. The van der Waals surface area contributed by atoms with Crippen molar-refractivity contribution < 1.29 is 4.39 Å². The number of imidazole rings is 1. The molecule has 3 heterocycles. The van der Waals surface area contributed by atoms with Gasteiger partial charge in [0.25, 0.3) is 0 Å². The van der Waals surface area contributed by atoms with Crippen molar-refractivity contribution in [2.24, 2.45) is 0 Å². The van der Waals surface area contributed by atoms with Gasteiger partial charge in [0.2, 0.25) is 0 Å². The highest BCUT2D eigenvalue weighted by Gasteiger charge is 2.09. The van der Waals surface area contributed by atoms with Crippen molar-refractivity contribution in [3.8, 4) is 11.3 Å². The summed E-state index contributed by atoms with van der Waals surface area (Å²) in [4.78, 5) is 8.12. The van der Waals surface area contributed by atoms with Crippen LogP contribution in [0.1, 0.15) is 0 Å². The summed E-state index contributed by atoms with van der Waals surface area (Å²) in [5.74, 6) is -0.409. The molecule has 0 saturated heterocycles. The fourth-order valence-corrected chi connectivity index (χ4v) is 2.24. The number of nitrogens with zero attached hydrogens (tertiary/aromatic N) is 3. The number of aromatic nitrogens is 3. The van der Waals surface area contributed by atoms with Gasteiger partial charge in [0.05, 0.1) is 21.9 Å². The first-order valence-electron chi connectivity index (χ1n) is 5.08. The zero-order valence-corrected chi connectivity index (χ0v) is 10.5. The minimum absolute atomic E-state index is 0.409. The van der Waals surface area contributed by atoms with Crippen molar-refractivity contribution >= 4 is 28.8 Å². The maximum absolute atomic E-state index is 13.1. The lowest BCUT2D eigenvalue weighted by atomic mass is 10.2. The first-order valence-corrected chi connectivity index (χ1v) is 5.84. The Hall–Kier alpha value is -1.65. The Morgan fingerprint density at radius 2 is 1.94 bits per heavy atom. The number of fused-ring (bicyclic) bond motifs is 1. The van der Waals surface area contributed by atoms with E-state index < -0.39 is 5.82 Å². The molecule has 3 nitrogen and oxygen atoms in total. The van der Waals surface area contributed by atoms with E-state index in [1.54, 1.807) is 29.1 Å². The maximum Gasteiger partial charge on any atom is 0.156 e. The van der Waals surface area contributed by atoms with Crippen LogP contribution >= 0.6 is 23.2 Å². The minimum Gasteiger partial charge on any atom is -0.304 e. The van der Waals surface area contributed by atoms with Crippen LogP contribution in [-0.2, 0) is 0 Å². The van der Waals surface area contributed by atoms with Crippen LogP contribution in [0, 0.1) is 5.82 Å². The molecule has 0 N–H and O–H groups in total. The second-order valence-electron chi connectivity index (χ2n) is 3.76. The van der Waals surface area contributed by atoms with E-state index in [9.17, 15) is 4.39 Å². The van der Waals surface area contributed by atoms with Crippen molar-refractivity contribution in [3.63, 3.8) is 0 Å². The van der Waals surface area contributed by atoms with Crippen LogP contribution in [-0.4, -0.2) is 14.4 Å². The Balaban J connectivity index is 2.22. The van der Waals surface area contributed by atoms with E-state index in [0.29, 0.717) is 26.9 Å². The number of rotatable bonds is 1. The zero-order chi connectivity index (χ0) is 12.7. The Kier molecular flexibility index (Phi) is 2.69. The normalized spacial score (nSPS) is 11.1. The summed E-state index contributed by atoms with van der Waals surface area (Å²) in [5.41, 5.74) is 1.75. The third-order valence-electron chi connectivity index (χ3n) is 2.47. The van der Waals surface area contributed by atoms with E-state index in [4.69, 9.17) is 23.2 Å². The smallest absolute Gasteiger partial charge is 0.156 e. The van der Waals surface area contributed by atoms with Crippen molar-refractivity contribution in [1.29, 1.82) is 0 Å². The molecule has 0 aromatic carbocycles. The molecule has 6 heteroatoms. The van der Waals surface area contributed by atoms with Gasteiger partial charge in [-0.05, 0) is 12.1 Å². The van der Waals surface area contributed by atoms with Gasteiger partial charge in [-0.25, -0.2) is 9.37 Å². The lowest BCUT2D eigenvalue weighted by molar-refractivity contribution is 0.622.